The van der Waals surface area contributed by atoms with Gasteiger partial charge in [0.15, 0.2) is 0 Å². The third-order valence-corrected chi connectivity index (χ3v) is 4.51. The van der Waals surface area contributed by atoms with Crippen molar-refractivity contribution in [3.05, 3.63) is 30.1 Å². The first-order valence-electron chi connectivity index (χ1n) is 8.53. The van der Waals surface area contributed by atoms with Gasteiger partial charge in [-0.3, -0.25) is 9.59 Å². The fourth-order valence-corrected chi connectivity index (χ4v) is 2.88. The summed E-state index contributed by atoms with van der Waals surface area (Å²) in [4.78, 5) is 37.2. The molecule has 1 aromatic carbocycles. The highest BCUT2D eigenvalue weighted by molar-refractivity contribution is 6.01. The van der Waals surface area contributed by atoms with Crippen LogP contribution in [0.3, 0.4) is 0 Å². The first kappa shape index (κ1) is 19.7. The zero-order valence-electron chi connectivity index (χ0n) is 14.9. The number of aliphatic carboxylic acids is 1. The van der Waals surface area contributed by atoms with E-state index in [0.717, 1.165) is 12.8 Å². The van der Waals surface area contributed by atoms with Crippen LogP contribution in [-0.2, 0) is 9.59 Å². The molecular weight excluding hydrogens is 341 g/mol. The van der Waals surface area contributed by atoms with Crippen LogP contribution in [0.15, 0.2) is 24.3 Å². The Morgan fingerprint density at radius 2 is 2.08 bits per heavy atom. The topological polar surface area (TPSA) is 98.7 Å². The van der Waals surface area contributed by atoms with Crippen LogP contribution >= 0.6 is 0 Å². The fraction of sp³-hybridized carbons (Fsp3) is 0.500. The van der Waals surface area contributed by atoms with Crippen LogP contribution in [0.5, 0.6) is 0 Å². The Morgan fingerprint density at radius 3 is 2.73 bits per heavy atom. The van der Waals surface area contributed by atoms with E-state index in [2.05, 4.69) is 10.6 Å². The third-order valence-electron chi connectivity index (χ3n) is 4.51. The van der Waals surface area contributed by atoms with Gasteiger partial charge in [0, 0.05) is 25.3 Å². The van der Waals surface area contributed by atoms with Crippen LogP contribution < -0.4 is 10.6 Å². The molecule has 1 aliphatic rings. The maximum Gasteiger partial charge on any atom is 0.319 e. The van der Waals surface area contributed by atoms with Gasteiger partial charge in [-0.2, -0.15) is 0 Å². The van der Waals surface area contributed by atoms with E-state index in [1.165, 1.54) is 32.0 Å². The van der Waals surface area contributed by atoms with Crippen molar-refractivity contribution in [3.8, 4) is 0 Å². The van der Waals surface area contributed by atoms with Crippen molar-refractivity contribution >= 4 is 23.6 Å². The molecule has 0 unspecified atom stereocenters. The molecule has 1 atom stereocenters. The Morgan fingerprint density at radius 1 is 1.35 bits per heavy atom. The average Bonchev–Trinajstić information content (AvgIpc) is 2.59. The predicted molar refractivity (Wildman–Crippen MR) is 94.1 cm³/mol. The van der Waals surface area contributed by atoms with Crippen molar-refractivity contribution in [2.75, 3.05) is 25.0 Å². The molecular formula is C18H24FN3O4. The van der Waals surface area contributed by atoms with Crippen LogP contribution in [0.2, 0.25) is 0 Å². The number of urea groups is 1. The number of carboxylic acids is 1. The van der Waals surface area contributed by atoms with E-state index in [4.69, 9.17) is 0 Å². The van der Waals surface area contributed by atoms with Crippen LogP contribution in [0, 0.1) is 17.2 Å². The summed E-state index contributed by atoms with van der Waals surface area (Å²) in [6.45, 7) is 4.05. The number of benzene rings is 1. The summed E-state index contributed by atoms with van der Waals surface area (Å²) in [6, 6.07) is 5.13. The number of piperidine rings is 1. The lowest BCUT2D eigenvalue weighted by molar-refractivity contribution is -0.159. The highest BCUT2D eigenvalue weighted by Crippen LogP contribution is 2.24. The molecule has 2 rings (SSSR count). The van der Waals surface area contributed by atoms with Gasteiger partial charge >= 0.3 is 12.0 Å². The Bertz CT molecular complexity index is 693. The monoisotopic (exact) mass is 365 g/mol. The molecule has 7 nitrogen and oxygen atoms in total. The van der Waals surface area contributed by atoms with Gasteiger partial charge in [-0.15, -0.1) is 0 Å². The van der Waals surface area contributed by atoms with E-state index in [1.54, 1.807) is 11.0 Å². The molecule has 3 amide bonds. The molecule has 3 N–H and O–H groups in total. The normalized spacial score (nSPS) is 17.5. The minimum Gasteiger partial charge on any atom is -0.480 e. The van der Waals surface area contributed by atoms with Crippen molar-refractivity contribution in [2.24, 2.45) is 11.3 Å². The minimum absolute atomic E-state index is 0.0376. The number of rotatable bonds is 5. The smallest absolute Gasteiger partial charge is 0.319 e. The average molecular weight is 365 g/mol. The number of nitrogens with zero attached hydrogens (tertiary/aromatic N) is 1. The lowest BCUT2D eigenvalue weighted by Crippen LogP contribution is -2.50. The van der Waals surface area contributed by atoms with Crippen molar-refractivity contribution in [2.45, 2.75) is 26.7 Å². The Labute approximate surface area is 151 Å². The molecule has 26 heavy (non-hydrogen) atoms. The second-order valence-electron chi connectivity index (χ2n) is 7.03. The highest BCUT2D eigenvalue weighted by atomic mass is 19.1. The second-order valence-corrected chi connectivity index (χ2v) is 7.03. The molecule has 1 fully saturated rings. The lowest BCUT2D eigenvalue weighted by atomic mass is 9.89. The molecule has 0 aromatic heterocycles. The molecule has 1 aliphatic heterocycles. The molecule has 0 radical (unpaired) electrons. The Hall–Kier alpha value is -2.64. The molecule has 0 saturated carbocycles. The van der Waals surface area contributed by atoms with Crippen LogP contribution in [0.4, 0.5) is 14.9 Å². The third kappa shape index (κ3) is 4.93. The van der Waals surface area contributed by atoms with Crippen LogP contribution in [0.25, 0.3) is 0 Å². The summed E-state index contributed by atoms with van der Waals surface area (Å²) in [6.07, 6.45) is 1.58. The molecule has 0 aliphatic carbocycles. The lowest BCUT2D eigenvalue weighted by Gasteiger charge is -2.36. The number of amides is 3. The maximum absolute atomic E-state index is 13.1. The number of hydrogen-bond acceptors (Lipinski definition) is 3. The van der Waals surface area contributed by atoms with Gasteiger partial charge in [0.1, 0.15) is 11.2 Å². The number of carbonyl (C=O) groups is 3. The molecule has 142 valence electrons. The molecule has 1 heterocycles. The second kappa shape index (κ2) is 8.16. The molecule has 8 heteroatoms. The van der Waals surface area contributed by atoms with Crippen molar-refractivity contribution < 1.29 is 23.9 Å². The molecule has 1 saturated heterocycles. The van der Waals surface area contributed by atoms with Gasteiger partial charge in [-0.05, 0) is 50.8 Å². The predicted octanol–water partition coefficient (Wildman–Crippen LogP) is 2.30. The SMILES string of the molecule is CC(C)(C(=O)O)C(=O)N1CCC[C@H](CNC(=O)Nc2cccc(F)c2)C1. The van der Waals surface area contributed by atoms with Gasteiger partial charge in [-0.25, -0.2) is 9.18 Å². The van der Waals surface area contributed by atoms with Gasteiger partial charge in [0.25, 0.3) is 0 Å². The number of carboxylic acid groups (broad SMARTS) is 1. The van der Waals surface area contributed by atoms with Gasteiger partial charge in [-0.1, -0.05) is 6.07 Å². The standard InChI is InChI=1S/C18H24FN3O4/c1-18(2,16(24)25)15(23)22-8-4-5-12(11-22)10-20-17(26)21-14-7-3-6-13(19)9-14/h3,6-7,9,12H,4-5,8,10-11H2,1-2H3,(H,24,25)(H2,20,21,26)/t12-/m1/s1. The van der Waals surface area contributed by atoms with Gasteiger partial charge in [0.2, 0.25) is 5.91 Å². The number of likely N-dealkylation sites (tertiary alicyclic amines) is 1. The van der Waals surface area contributed by atoms with E-state index in [-0.39, 0.29) is 5.92 Å². The Kier molecular flexibility index (Phi) is 6.18. The zero-order valence-corrected chi connectivity index (χ0v) is 14.9. The van der Waals surface area contributed by atoms with Crippen molar-refractivity contribution in [1.82, 2.24) is 10.2 Å². The summed E-state index contributed by atoms with van der Waals surface area (Å²) in [7, 11) is 0. The largest absolute Gasteiger partial charge is 0.480 e. The van der Waals surface area contributed by atoms with E-state index in [1.807, 2.05) is 0 Å². The quantitative estimate of drug-likeness (QED) is 0.697. The summed E-state index contributed by atoms with van der Waals surface area (Å²) in [5, 5.41) is 14.5. The summed E-state index contributed by atoms with van der Waals surface area (Å²) >= 11 is 0. The van der Waals surface area contributed by atoms with Crippen molar-refractivity contribution in [1.29, 1.82) is 0 Å². The number of hydrogen-bond donors (Lipinski definition) is 3. The molecule has 1 aromatic rings. The van der Waals surface area contributed by atoms with Crippen LogP contribution in [-0.4, -0.2) is 47.5 Å². The highest BCUT2D eigenvalue weighted by Gasteiger charge is 2.40. The number of nitrogens with one attached hydrogen (secondary N) is 2. The summed E-state index contributed by atoms with van der Waals surface area (Å²) in [5.41, 5.74) is -1.12. The summed E-state index contributed by atoms with van der Waals surface area (Å²) < 4.78 is 13.1. The number of halogens is 1. The first-order chi connectivity index (χ1) is 12.2. The van der Waals surface area contributed by atoms with Gasteiger partial charge in [0.05, 0.1) is 0 Å². The Balaban J connectivity index is 1.85. The molecule has 0 bridgehead atoms. The summed E-state index contributed by atoms with van der Waals surface area (Å²) in [5.74, 6) is -1.98. The fourth-order valence-electron chi connectivity index (χ4n) is 2.88. The maximum atomic E-state index is 13.1. The van der Waals surface area contributed by atoms with E-state index >= 15 is 0 Å². The van der Waals surface area contributed by atoms with Crippen molar-refractivity contribution in [3.63, 3.8) is 0 Å². The number of anilines is 1. The zero-order chi connectivity index (χ0) is 19.3. The first-order valence-corrected chi connectivity index (χ1v) is 8.53. The van der Waals surface area contributed by atoms with E-state index in [9.17, 15) is 23.9 Å². The van der Waals surface area contributed by atoms with Crippen LogP contribution in [0.1, 0.15) is 26.7 Å². The molecule has 0 spiro atoms. The minimum atomic E-state index is -1.47. The number of carbonyl (C=O) groups excluding carboxylic acids is 2. The van der Waals surface area contributed by atoms with E-state index < -0.39 is 29.1 Å². The van der Waals surface area contributed by atoms with E-state index in [0.29, 0.717) is 25.3 Å². The van der Waals surface area contributed by atoms with Gasteiger partial charge < -0.3 is 20.6 Å².